The zero-order valence-corrected chi connectivity index (χ0v) is 10.9. The largest absolute Gasteiger partial charge is 0.384 e. The number of aromatic nitrogens is 1. The fraction of sp³-hybridized carbons (Fsp3) is 0. The molecule has 0 unspecified atom stereocenters. The average Bonchev–Trinajstić information content (AvgIpc) is 2.28. The first-order valence-corrected chi connectivity index (χ1v) is 5.93. The Bertz CT molecular complexity index is 600. The average molecular weight is 307 g/mol. The highest BCUT2D eigenvalue weighted by atomic mass is 79.9. The number of nitrogens with one attached hydrogen (secondary N) is 1. The molecule has 0 saturated carbocycles. The Morgan fingerprint density at radius 1 is 1.33 bits per heavy atom. The third kappa shape index (κ3) is 2.78. The Morgan fingerprint density at radius 3 is 2.78 bits per heavy atom. The number of benzene rings is 1. The highest BCUT2D eigenvalue weighted by molar-refractivity contribution is 9.10. The summed E-state index contributed by atoms with van der Waals surface area (Å²) in [5, 5.41) is 3.08. The summed E-state index contributed by atoms with van der Waals surface area (Å²) in [6.45, 7) is 0. The van der Waals surface area contributed by atoms with E-state index >= 15 is 0 Å². The smallest absolute Gasteiger partial charge is 0.252 e. The summed E-state index contributed by atoms with van der Waals surface area (Å²) >= 11 is 3.37. The minimum Gasteiger partial charge on any atom is -0.384 e. The molecule has 18 heavy (non-hydrogen) atoms. The number of hydrogen-bond donors (Lipinski definition) is 3. The van der Waals surface area contributed by atoms with Gasteiger partial charge in [0.2, 0.25) is 0 Å². The summed E-state index contributed by atoms with van der Waals surface area (Å²) in [5.41, 5.74) is 12.5. The first-order chi connectivity index (χ1) is 8.56. The molecule has 1 aromatic heterocycles. The molecule has 1 heterocycles. The maximum atomic E-state index is 11.3. The number of primary amides is 1. The monoisotopic (exact) mass is 306 g/mol. The van der Waals surface area contributed by atoms with Gasteiger partial charge >= 0.3 is 0 Å². The van der Waals surface area contributed by atoms with Crippen molar-refractivity contribution in [3.8, 4) is 0 Å². The molecule has 0 spiro atoms. The molecule has 0 fully saturated rings. The molecule has 0 aliphatic rings. The molecule has 0 atom stereocenters. The van der Waals surface area contributed by atoms with Crippen LogP contribution in [0.1, 0.15) is 10.4 Å². The number of nitrogen functional groups attached to an aromatic ring is 1. The molecule has 6 heteroatoms. The van der Waals surface area contributed by atoms with Crippen molar-refractivity contribution in [2.45, 2.75) is 0 Å². The lowest BCUT2D eigenvalue weighted by atomic mass is 10.2. The third-order valence-electron chi connectivity index (χ3n) is 2.29. The van der Waals surface area contributed by atoms with Crippen LogP contribution < -0.4 is 16.8 Å². The van der Waals surface area contributed by atoms with Crippen molar-refractivity contribution >= 4 is 39.0 Å². The fourth-order valence-corrected chi connectivity index (χ4v) is 1.89. The molecule has 1 aromatic carbocycles. The van der Waals surface area contributed by atoms with Crippen molar-refractivity contribution in [2.24, 2.45) is 5.73 Å². The summed E-state index contributed by atoms with van der Waals surface area (Å²) in [7, 11) is 0. The van der Waals surface area contributed by atoms with Gasteiger partial charge in [-0.1, -0.05) is 22.0 Å². The normalized spacial score (nSPS) is 10.1. The van der Waals surface area contributed by atoms with Crippen molar-refractivity contribution in [1.82, 2.24) is 4.98 Å². The molecule has 0 saturated heterocycles. The summed E-state index contributed by atoms with van der Waals surface area (Å²) < 4.78 is 0.926. The fourth-order valence-electron chi connectivity index (χ4n) is 1.49. The number of nitrogens with zero attached hydrogens (tertiary/aromatic N) is 1. The molecule has 2 aromatic rings. The van der Waals surface area contributed by atoms with E-state index in [4.69, 9.17) is 11.5 Å². The molecule has 5 nitrogen and oxygen atoms in total. The Hall–Kier alpha value is -2.08. The minimum absolute atomic E-state index is 0.296. The molecule has 0 aliphatic carbocycles. The molecule has 2 rings (SSSR count). The Morgan fingerprint density at radius 2 is 2.11 bits per heavy atom. The second-order valence-corrected chi connectivity index (χ2v) is 4.57. The Balaban J connectivity index is 2.39. The van der Waals surface area contributed by atoms with Crippen molar-refractivity contribution in [2.75, 3.05) is 11.1 Å². The van der Waals surface area contributed by atoms with Crippen LogP contribution in [0, 0.1) is 0 Å². The number of amides is 1. The quantitative estimate of drug-likeness (QED) is 0.810. The number of carbonyl (C=O) groups is 1. The van der Waals surface area contributed by atoms with Gasteiger partial charge in [0.1, 0.15) is 5.82 Å². The summed E-state index contributed by atoms with van der Waals surface area (Å²) in [5.74, 6) is -0.238. The molecule has 5 N–H and O–H groups in total. The first kappa shape index (κ1) is 12.4. The van der Waals surface area contributed by atoms with Crippen LogP contribution >= 0.6 is 15.9 Å². The van der Waals surface area contributed by atoms with Crippen LogP contribution in [0.5, 0.6) is 0 Å². The lowest BCUT2D eigenvalue weighted by Gasteiger charge is -2.10. The van der Waals surface area contributed by atoms with Crippen LogP contribution in [0.2, 0.25) is 0 Å². The predicted octanol–water partition coefficient (Wildman–Crippen LogP) is 2.27. The maximum absolute atomic E-state index is 11.3. The summed E-state index contributed by atoms with van der Waals surface area (Å²) in [6, 6.07) is 9.09. The molecular weight excluding hydrogens is 296 g/mol. The molecular formula is C12H11BrN4O. The van der Waals surface area contributed by atoms with E-state index in [1.54, 1.807) is 6.07 Å². The zero-order chi connectivity index (χ0) is 13.1. The number of pyridine rings is 1. The van der Waals surface area contributed by atoms with Crippen LogP contribution in [0.15, 0.2) is 41.0 Å². The van der Waals surface area contributed by atoms with Gasteiger partial charge in [-0.15, -0.1) is 0 Å². The van der Waals surface area contributed by atoms with Gasteiger partial charge in [-0.3, -0.25) is 4.79 Å². The van der Waals surface area contributed by atoms with Gasteiger partial charge in [0.05, 0.1) is 11.3 Å². The minimum atomic E-state index is -0.556. The highest BCUT2D eigenvalue weighted by Gasteiger charge is 2.09. The summed E-state index contributed by atoms with van der Waals surface area (Å²) in [6.07, 6.45) is 1.36. The standard InChI is InChI=1S/C12H11BrN4O/c13-7-2-1-3-8(4-7)17-10-5-11(14)16-6-9(10)12(15)18/h1-6H,(H2,15,18)(H3,14,16,17). The van der Waals surface area contributed by atoms with Crippen LogP contribution in [0.4, 0.5) is 17.2 Å². The van der Waals surface area contributed by atoms with E-state index in [1.165, 1.54) is 6.20 Å². The molecule has 92 valence electrons. The first-order valence-electron chi connectivity index (χ1n) is 5.14. The van der Waals surface area contributed by atoms with Crippen LogP contribution in [-0.4, -0.2) is 10.9 Å². The number of hydrogen-bond acceptors (Lipinski definition) is 4. The van der Waals surface area contributed by atoms with Crippen molar-refractivity contribution < 1.29 is 4.79 Å². The van der Waals surface area contributed by atoms with Crippen molar-refractivity contribution in [1.29, 1.82) is 0 Å². The van der Waals surface area contributed by atoms with E-state index in [-0.39, 0.29) is 0 Å². The Labute approximate surface area is 112 Å². The van der Waals surface area contributed by atoms with E-state index in [1.807, 2.05) is 24.3 Å². The van der Waals surface area contributed by atoms with Gasteiger partial charge in [0.25, 0.3) is 5.91 Å². The third-order valence-corrected chi connectivity index (χ3v) is 2.79. The van der Waals surface area contributed by atoms with Crippen molar-refractivity contribution in [3.05, 3.63) is 46.6 Å². The maximum Gasteiger partial charge on any atom is 0.252 e. The van der Waals surface area contributed by atoms with E-state index in [2.05, 4.69) is 26.2 Å². The second kappa shape index (κ2) is 5.05. The topological polar surface area (TPSA) is 94.0 Å². The summed E-state index contributed by atoms with van der Waals surface area (Å²) in [4.78, 5) is 15.1. The highest BCUT2D eigenvalue weighted by Crippen LogP contribution is 2.24. The number of carbonyl (C=O) groups excluding carboxylic acids is 1. The number of anilines is 3. The molecule has 1 amide bonds. The van der Waals surface area contributed by atoms with Gasteiger partial charge in [0.15, 0.2) is 0 Å². The van der Waals surface area contributed by atoms with Gasteiger partial charge in [0, 0.05) is 22.4 Å². The van der Waals surface area contributed by atoms with Crippen LogP contribution in [0.3, 0.4) is 0 Å². The molecule has 0 radical (unpaired) electrons. The number of rotatable bonds is 3. The SMILES string of the molecule is NC(=O)c1cnc(N)cc1Nc1cccc(Br)c1. The van der Waals surface area contributed by atoms with Gasteiger partial charge in [-0.2, -0.15) is 0 Å². The predicted molar refractivity (Wildman–Crippen MR) is 74.6 cm³/mol. The second-order valence-electron chi connectivity index (χ2n) is 3.65. The van der Waals surface area contributed by atoms with Gasteiger partial charge in [-0.05, 0) is 18.2 Å². The number of nitrogens with two attached hydrogens (primary N) is 2. The zero-order valence-electron chi connectivity index (χ0n) is 9.35. The lowest BCUT2D eigenvalue weighted by Crippen LogP contribution is -2.14. The molecule has 0 aliphatic heterocycles. The van der Waals surface area contributed by atoms with E-state index in [0.29, 0.717) is 17.1 Å². The van der Waals surface area contributed by atoms with Crippen LogP contribution in [-0.2, 0) is 0 Å². The Kier molecular flexibility index (Phi) is 3.47. The molecule has 0 bridgehead atoms. The lowest BCUT2D eigenvalue weighted by molar-refractivity contribution is 0.100. The van der Waals surface area contributed by atoms with E-state index in [0.717, 1.165) is 10.2 Å². The van der Waals surface area contributed by atoms with Crippen molar-refractivity contribution in [3.63, 3.8) is 0 Å². The van der Waals surface area contributed by atoms with Crippen LogP contribution in [0.25, 0.3) is 0 Å². The van der Waals surface area contributed by atoms with Gasteiger partial charge < -0.3 is 16.8 Å². The number of halogens is 1. The van der Waals surface area contributed by atoms with E-state index < -0.39 is 5.91 Å². The van der Waals surface area contributed by atoms with E-state index in [9.17, 15) is 4.79 Å². The van der Waals surface area contributed by atoms with Gasteiger partial charge in [-0.25, -0.2) is 4.98 Å².